The fourth-order valence-electron chi connectivity index (χ4n) is 1.49. The highest BCUT2D eigenvalue weighted by Gasteiger charge is 2.03. The van der Waals surface area contributed by atoms with Gasteiger partial charge in [0.05, 0.1) is 6.26 Å². The van der Waals surface area contributed by atoms with Gasteiger partial charge in [-0.15, -0.1) is 0 Å². The predicted octanol–water partition coefficient (Wildman–Crippen LogP) is 0.590. The molecule has 0 fully saturated rings. The molecule has 0 aliphatic carbocycles. The second-order valence-corrected chi connectivity index (χ2v) is 6.26. The number of hydrogen-bond acceptors (Lipinski definition) is 4. The third-order valence-corrected chi connectivity index (χ3v) is 3.26. The predicted molar refractivity (Wildman–Crippen MR) is 78.4 cm³/mol. The minimum absolute atomic E-state index is 0.342. The van der Waals surface area contributed by atoms with E-state index >= 15 is 0 Å². The molecular formula is C11H17N3O2S2. The number of anilines is 1. The van der Waals surface area contributed by atoms with Gasteiger partial charge in [0.2, 0.25) is 10.0 Å². The molecule has 1 aromatic rings. The number of nitrogens with two attached hydrogens (primary N) is 1. The summed E-state index contributed by atoms with van der Waals surface area (Å²) in [5.41, 5.74) is 8.31. The van der Waals surface area contributed by atoms with E-state index in [2.05, 4.69) is 10.0 Å². The Hall–Kier alpha value is -1.18. The number of benzene rings is 1. The summed E-state index contributed by atoms with van der Waals surface area (Å²) in [5.74, 6) is 0. The van der Waals surface area contributed by atoms with Crippen LogP contribution in [0.4, 0.5) is 5.69 Å². The Labute approximate surface area is 113 Å². The van der Waals surface area contributed by atoms with Crippen LogP contribution in [-0.4, -0.2) is 32.8 Å². The molecule has 0 saturated carbocycles. The van der Waals surface area contributed by atoms with Crippen molar-refractivity contribution in [3.8, 4) is 0 Å². The highest BCUT2D eigenvalue weighted by atomic mass is 32.2. The van der Waals surface area contributed by atoms with Crippen LogP contribution in [0.2, 0.25) is 0 Å². The molecule has 0 heterocycles. The van der Waals surface area contributed by atoms with Gasteiger partial charge >= 0.3 is 0 Å². The molecular weight excluding hydrogens is 270 g/mol. The first-order valence-electron chi connectivity index (χ1n) is 5.38. The average molecular weight is 287 g/mol. The van der Waals surface area contributed by atoms with Crippen LogP contribution >= 0.6 is 12.2 Å². The molecule has 4 N–H and O–H groups in total. The van der Waals surface area contributed by atoms with Crippen LogP contribution in [0, 0.1) is 6.92 Å². The molecule has 18 heavy (non-hydrogen) atoms. The van der Waals surface area contributed by atoms with Crippen molar-refractivity contribution in [1.82, 2.24) is 4.72 Å². The van der Waals surface area contributed by atoms with Gasteiger partial charge in [0, 0.05) is 24.3 Å². The number of sulfonamides is 1. The Balaban J connectivity index is 2.54. The lowest BCUT2D eigenvalue weighted by Gasteiger charge is -2.10. The van der Waals surface area contributed by atoms with Crippen LogP contribution in [0.5, 0.6) is 0 Å². The Morgan fingerprint density at radius 3 is 2.56 bits per heavy atom. The maximum Gasteiger partial charge on any atom is 0.208 e. The SMILES string of the molecule is Cc1cc(NCCNS(C)(=O)=O)ccc1C(N)=S. The van der Waals surface area contributed by atoms with Crippen LogP contribution in [0.15, 0.2) is 18.2 Å². The maximum atomic E-state index is 10.8. The third-order valence-electron chi connectivity index (χ3n) is 2.31. The highest BCUT2D eigenvalue weighted by molar-refractivity contribution is 7.88. The molecule has 0 aliphatic rings. The number of aryl methyl sites for hydroxylation is 1. The van der Waals surface area contributed by atoms with E-state index in [0.29, 0.717) is 18.1 Å². The van der Waals surface area contributed by atoms with Crippen molar-refractivity contribution in [3.05, 3.63) is 29.3 Å². The normalized spacial score (nSPS) is 11.2. The maximum absolute atomic E-state index is 10.8. The summed E-state index contributed by atoms with van der Waals surface area (Å²) in [6.07, 6.45) is 1.13. The van der Waals surface area contributed by atoms with Gasteiger partial charge in [-0.25, -0.2) is 13.1 Å². The molecule has 0 unspecified atom stereocenters. The van der Waals surface area contributed by atoms with Crippen LogP contribution in [0.25, 0.3) is 0 Å². The fourth-order valence-corrected chi connectivity index (χ4v) is 2.20. The molecule has 0 aromatic heterocycles. The molecule has 1 aromatic carbocycles. The molecule has 0 saturated heterocycles. The molecule has 100 valence electrons. The van der Waals surface area contributed by atoms with Crippen molar-refractivity contribution < 1.29 is 8.42 Å². The minimum atomic E-state index is -3.13. The molecule has 1 rings (SSSR count). The molecule has 0 spiro atoms. The monoisotopic (exact) mass is 287 g/mol. The van der Waals surface area contributed by atoms with E-state index in [9.17, 15) is 8.42 Å². The molecule has 0 amide bonds. The average Bonchev–Trinajstić information content (AvgIpc) is 2.22. The number of nitrogens with one attached hydrogen (secondary N) is 2. The van der Waals surface area contributed by atoms with Gasteiger partial charge in [0.15, 0.2) is 0 Å². The first-order chi connectivity index (χ1) is 8.29. The Bertz CT molecular complexity index is 541. The van der Waals surface area contributed by atoms with Gasteiger partial charge < -0.3 is 11.1 Å². The zero-order valence-electron chi connectivity index (χ0n) is 10.4. The van der Waals surface area contributed by atoms with Gasteiger partial charge in [-0.05, 0) is 30.7 Å². The lowest BCUT2D eigenvalue weighted by Crippen LogP contribution is -2.27. The zero-order valence-corrected chi connectivity index (χ0v) is 12.0. The number of rotatable bonds is 6. The van der Waals surface area contributed by atoms with E-state index < -0.39 is 10.0 Å². The first-order valence-corrected chi connectivity index (χ1v) is 7.68. The summed E-state index contributed by atoms with van der Waals surface area (Å²) in [7, 11) is -3.13. The third kappa shape index (κ3) is 4.99. The van der Waals surface area contributed by atoms with Crippen molar-refractivity contribution in [2.24, 2.45) is 5.73 Å². The lowest BCUT2D eigenvalue weighted by atomic mass is 10.1. The smallest absolute Gasteiger partial charge is 0.208 e. The van der Waals surface area contributed by atoms with E-state index in [4.69, 9.17) is 18.0 Å². The summed E-state index contributed by atoms with van der Waals surface area (Å²) >= 11 is 4.92. The van der Waals surface area contributed by atoms with Crippen molar-refractivity contribution in [2.45, 2.75) is 6.92 Å². The minimum Gasteiger partial charge on any atom is -0.389 e. The van der Waals surface area contributed by atoms with Gasteiger partial charge in [-0.1, -0.05) is 12.2 Å². The van der Waals surface area contributed by atoms with Crippen LogP contribution in [-0.2, 0) is 10.0 Å². The fraction of sp³-hybridized carbons (Fsp3) is 0.364. The lowest BCUT2D eigenvalue weighted by molar-refractivity contribution is 0.589. The molecule has 0 atom stereocenters. The summed E-state index contributed by atoms with van der Waals surface area (Å²) < 4.78 is 24.1. The largest absolute Gasteiger partial charge is 0.389 e. The standard InChI is InChI=1S/C11H17N3O2S2/c1-8-7-9(3-4-10(8)11(12)17)13-5-6-14-18(2,15)16/h3-4,7,13-14H,5-6H2,1-2H3,(H2,12,17). The molecule has 0 bridgehead atoms. The summed E-state index contributed by atoms with van der Waals surface area (Å²) in [4.78, 5) is 0.373. The van der Waals surface area contributed by atoms with Gasteiger partial charge in [-0.3, -0.25) is 0 Å². The van der Waals surface area contributed by atoms with E-state index in [1.807, 2.05) is 25.1 Å². The van der Waals surface area contributed by atoms with Crippen molar-refractivity contribution in [3.63, 3.8) is 0 Å². The second-order valence-electron chi connectivity index (χ2n) is 3.99. The van der Waals surface area contributed by atoms with E-state index in [0.717, 1.165) is 23.1 Å². The van der Waals surface area contributed by atoms with Gasteiger partial charge in [0.1, 0.15) is 4.99 Å². The molecule has 0 radical (unpaired) electrons. The number of thiocarbonyl (C=S) groups is 1. The second kappa shape index (κ2) is 6.12. The number of hydrogen-bond donors (Lipinski definition) is 3. The Kier molecular flexibility index (Phi) is 5.06. The summed E-state index contributed by atoms with van der Waals surface area (Å²) in [6.45, 7) is 2.78. The van der Waals surface area contributed by atoms with Crippen molar-refractivity contribution in [1.29, 1.82) is 0 Å². The van der Waals surface area contributed by atoms with Gasteiger partial charge in [0.25, 0.3) is 0 Å². The first kappa shape index (κ1) is 14.9. The molecule has 5 nitrogen and oxygen atoms in total. The van der Waals surface area contributed by atoms with Gasteiger partial charge in [-0.2, -0.15) is 0 Å². The van der Waals surface area contributed by atoms with E-state index in [-0.39, 0.29) is 0 Å². The zero-order chi connectivity index (χ0) is 13.8. The van der Waals surface area contributed by atoms with E-state index in [1.165, 1.54) is 0 Å². The molecule has 0 aliphatic heterocycles. The molecule has 7 heteroatoms. The summed E-state index contributed by atoms with van der Waals surface area (Å²) in [5, 5.41) is 3.11. The van der Waals surface area contributed by atoms with Crippen molar-refractivity contribution >= 4 is 32.9 Å². The van der Waals surface area contributed by atoms with E-state index in [1.54, 1.807) is 0 Å². The van der Waals surface area contributed by atoms with Crippen LogP contribution < -0.4 is 15.8 Å². The van der Waals surface area contributed by atoms with Crippen LogP contribution in [0.1, 0.15) is 11.1 Å². The topological polar surface area (TPSA) is 84.2 Å². The quantitative estimate of drug-likeness (QED) is 0.527. The Morgan fingerprint density at radius 2 is 2.06 bits per heavy atom. The summed E-state index contributed by atoms with van der Waals surface area (Å²) in [6, 6.07) is 5.64. The van der Waals surface area contributed by atoms with Crippen LogP contribution in [0.3, 0.4) is 0 Å². The van der Waals surface area contributed by atoms with Crippen molar-refractivity contribution in [2.75, 3.05) is 24.7 Å². The highest BCUT2D eigenvalue weighted by Crippen LogP contribution is 2.14. The Morgan fingerprint density at radius 1 is 1.39 bits per heavy atom.